The summed E-state index contributed by atoms with van der Waals surface area (Å²) in [5.74, 6) is -0.370. The molecule has 154 valence electrons. The van der Waals surface area contributed by atoms with Crippen LogP contribution in [0.3, 0.4) is 0 Å². The van der Waals surface area contributed by atoms with E-state index >= 15 is 0 Å². The van der Waals surface area contributed by atoms with Gasteiger partial charge in [0.05, 0.1) is 17.7 Å². The number of rotatable bonds is 5. The molecule has 0 unspecified atom stereocenters. The van der Waals surface area contributed by atoms with Crippen molar-refractivity contribution >= 4 is 11.8 Å². The van der Waals surface area contributed by atoms with Crippen molar-refractivity contribution in [1.82, 2.24) is 24.8 Å². The lowest BCUT2D eigenvalue weighted by atomic mass is 9.99. The van der Waals surface area contributed by atoms with E-state index in [-0.39, 0.29) is 17.9 Å². The van der Waals surface area contributed by atoms with Gasteiger partial charge in [0.1, 0.15) is 0 Å². The van der Waals surface area contributed by atoms with Gasteiger partial charge in [0.15, 0.2) is 6.04 Å². The van der Waals surface area contributed by atoms with E-state index in [4.69, 9.17) is 0 Å². The number of nitrogens with zero attached hydrogens (tertiary/aromatic N) is 4. The summed E-state index contributed by atoms with van der Waals surface area (Å²) in [5.41, 5.74) is 3.15. The molecule has 7 nitrogen and oxygen atoms in total. The monoisotopic (exact) mass is 403 g/mol. The minimum absolute atomic E-state index is 0.127. The standard InChI is InChI=1S/C23H25N5O2/c1-16(2)28-15-26-19-10-12-27(23(30)18-8-4-3-5-9-18)21(20(19)28)22(29)25-14-17-7-6-11-24-13-17/h3-9,11,13,15-16,21H,10,12,14H2,1-2H3,(H,25,29)/t21-/m1/s1. The van der Waals surface area contributed by atoms with Crippen molar-refractivity contribution in [3.05, 3.63) is 83.7 Å². The molecule has 3 heterocycles. The van der Waals surface area contributed by atoms with E-state index in [0.29, 0.717) is 25.1 Å². The quantitative estimate of drug-likeness (QED) is 0.710. The molecule has 7 heteroatoms. The van der Waals surface area contributed by atoms with Crippen LogP contribution in [0, 0.1) is 0 Å². The Balaban J connectivity index is 1.68. The maximum atomic E-state index is 13.4. The Morgan fingerprint density at radius 3 is 2.67 bits per heavy atom. The summed E-state index contributed by atoms with van der Waals surface area (Å²) in [7, 11) is 0. The Labute approximate surface area is 175 Å². The fourth-order valence-electron chi connectivity index (χ4n) is 3.84. The maximum absolute atomic E-state index is 13.4. The van der Waals surface area contributed by atoms with Crippen LogP contribution in [0.5, 0.6) is 0 Å². The molecule has 4 rings (SSSR count). The molecule has 2 amide bonds. The van der Waals surface area contributed by atoms with E-state index in [1.807, 2.05) is 48.7 Å². The molecular weight excluding hydrogens is 378 g/mol. The van der Waals surface area contributed by atoms with Gasteiger partial charge < -0.3 is 14.8 Å². The van der Waals surface area contributed by atoms with Gasteiger partial charge in [0.2, 0.25) is 5.91 Å². The number of amides is 2. The first-order valence-corrected chi connectivity index (χ1v) is 10.1. The van der Waals surface area contributed by atoms with E-state index in [0.717, 1.165) is 17.0 Å². The van der Waals surface area contributed by atoms with E-state index in [2.05, 4.69) is 15.3 Å². The summed E-state index contributed by atoms with van der Waals surface area (Å²) in [6.07, 6.45) is 5.81. The van der Waals surface area contributed by atoms with Crippen LogP contribution < -0.4 is 5.32 Å². The van der Waals surface area contributed by atoms with Gasteiger partial charge in [0, 0.05) is 43.5 Å². The second-order valence-corrected chi connectivity index (χ2v) is 7.67. The molecular formula is C23H25N5O2. The zero-order chi connectivity index (χ0) is 21.1. The van der Waals surface area contributed by atoms with Crippen molar-refractivity contribution in [3.63, 3.8) is 0 Å². The SMILES string of the molecule is CC(C)n1cnc2c1[C@H](C(=O)NCc1cccnc1)N(C(=O)c1ccccc1)CC2. The molecule has 0 spiro atoms. The molecule has 1 aliphatic heterocycles. The van der Waals surface area contributed by atoms with Crippen molar-refractivity contribution in [2.45, 2.75) is 38.9 Å². The Morgan fingerprint density at radius 1 is 1.17 bits per heavy atom. The number of carbonyl (C=O) groups is 2. The number of carbonyl (C=O) groups excluding carboxylic acids is 2. The van der Waals surface area contributed by atoms with Crippen LogP contribution in [0.25, 0.3) is 0 Å². The molecule has 0 aliphatic carbocycles. The highest BCUT2D eigenvalue weighted by Crippen LogP contribution is 2.32. The second-order valence-electron chi connectivity index (χ2n) is 7.67. The largest absolute Gasteiger partial charge is 0.350 e. The molecule has 0 radical (unpaired) electrons. The third kappa shape index (κ3) is 3.83. The third-order valence-electron chi connectivity index (χ3n) is 5.35. The minimum Gasteiger partial charge on any atom is -0.350 e. The fourth-order valence-corrected chi connectivity index (χ4v) is 3.84. The maximum Gasteiger partial charge on any atom is 0.254 e. The Hall–Kier alpha value is -3.48. The molecule has 3 aromatic rings. The molecule has 0 bridgehead atoms. The van der Waals surface area contributed by atoms with Crippen LogP contribution in [0.1, 0.15) is 53.2 Å². The zero-order valence-electron chi connectivity index (χ0n) is 17.2. The molecule has 1 aromatic carbocycles. The molecule has 30 heavy (non-hydrogen) atoms. The topological polar surface area (TPSA) is 80.1 Å². The number of imidazole rings is 1. The summed E-state index contributed by atoms with van der Waals surface area (Å²) >= 11 is 0. The number of aromatic nitrogens is 3. The lowest BCUT2D eigenvalue weighted by Crippen LogP contribution is -2.48. The first-order chi connectivity index (χ1) is 14.6. The van der Waals surface area contributed by atoms with Crippen molar-refractivity contribution in [2.75, 3.05) is 6.54 Å². The summed E-state index contributed by atoms with van der Waals surface area (Å²) in [4.78, 5) is 37.0. The number of fused-ring (bicyclic) bond motifs is 1. The molecule has 1 aliphatic rings. The number of nitrogens with one attached hydrogen (secondary N) is 1. The van der Waals surface area contributed by atoms with E-state index in [1.165, 1.54) is 0 Å². The highest BCUT2D eigenvalue weighted by atomic mass is 16.2. The summed E-state index contributed by atoms with van der Waals surface area (Å²) in [6.45, 7) is 4.89. The smallest absolute Gasteiger partial charge is 0.254 e. The van der Waals surface area contributed by atoms with E-state index < -0.39 is 6.04 Å². The molecule has 1 atom stereocenters. The molecule has 0 saturated carbocycles. The Bertz CT molecular complexity index is 1030. The van der Waals surface area contributed by atoms with Crippen LogP contribution in [-0.2, 0) is 17.8 Å². The van der Waals surface area contributed by atoms with Crippen molar-refractivity contribution in [1.29, 1.82) is 0 Å². The third-order valence-corrected chi connectivity index (χ3v) is 5.35. The average molecular weight is 403 g/mol. The van der Waals surface area contributed by atoms with Gasteiger partial charge >= 0.3 is 0 Å². The fraction of sp³-hybridized carbons (Fsp3) is 0.304. The summed E-state index contributed by atoms with van der Waals surface area (Å²) in [5, 5.41) is 2.99. The predicted molar refractivity (Wildman–Crippen MR) is 113 cm³/mol. The van der Waals surface area contributed by atoms with E-state index in [1.54, 1.807) is 35.8 Å². The molecule has 1 N–H and O–H groups in total. The molecule has 0 saturated heterocycles. The number of pyridine rings is 1. The minimum atomic E-state index is -0.733. The number of benzene rings is 1. The van der Waals surface area contributed by atoms with Gasteiger partial charge in [-0.05, 0) is 37.6 Å². The number of hydrogen-bond acceptors (Lipinski definition) is 4. The van der Waals surface area contributed by atoms with Crippen LogP contribution in [-0.4, -0.2) is 37.8 Å². The predicted octanol–water partition coefficient (Wildman–Crippen LogP) is 2.92. The van der Waals surface area contributed by atoms with Crippen LogP contribution in [0.2, 0.25) is 0 Å². The average Bonchev–Trinajstić information content (AvgIpc) is 3.22. The molecule has 2 aromatic heterocycles. The van der Waals surface area contributed by atoms with Gasteiger partial charge in [-0.25, -0.2) is 4.98 Å². The summed E-state index contributed by atoms with van der Waals surface area (Å²) < 4.78 is 1.99. The van der Waals surface area contributed by atoms with Crippen LogP contribution in [0.4, 0.5) is 0 Å². The highest BCUT2D eigenvalue weighted by Gasteiger charge is 2.39. The van der Waals surface area contributed by atoms with Gasteiger partial charge in [-0.1, -0.05) is 24.3 Å². The van der Waals surface area contributed by atoms with Crippen molar-refractivity contribution in [2.24, 2.45) is 0 Å². The van der Waals surface area contributed by atoms with E-state index in [9.17, 15) is 9.59 Å². The Kier molecular flexibility index (Phi) is 5.61. The second kappa shape index (κ2) is 8.49. The zero-order valence-corrected chi connectivity index (χ0v) is 17.2. The van der Waals surface area contributed by atoms with Gasteiger partial charge in [-0.2, -0.15) is 0 Å². The Morgan fingerprint density at radius 2 is 1.97 bits per heavy atom. The first kappa shape index (κ1) is 19.8. The lowest BCUT2D eigenvalue weighted by Gasteiger charge is -2.36. The van der Waals surface area contributed by atoms with Crippen molar-refractivity contribution in [3.8, 4) is 0 Å². The molecule has 0 fully saturated rings. The van der Waals surface area contributed by atoms with Crippen molar-refractivity contribution < 1.29 is 9.59 Å². The summed E-state index contributed by atoms with van der Waals surface area (Å²) in [6, 6.07) is 12.2. The van der Waals surface area contributed by atoms with Gasteiger partial charge in [-0.15, -0.1) is 0 Å². The van der Waals surface area contributed by atoms with Crippen LogP contribution in [0.15, 0.2) is 61.2 Å². The highest BCUT2D eigenvalue weighted by molar-refractivity contribution is 5.98. The number of hydrogen-bond donors (Lipinski definition) is 1. The van der Waals surface area contributed by atoms with Gasteiger partial charge in [-0.3, -0.25) is 14.6 Å². The normalized spacial score (nSPS) is 15.7. The first-order valence-electron chi connectivity index (χ1n) is 10.1. The lowest BCUT2D eigenvalue weighted by molar-refractivity contribution is -0.126. The van der Waals surface area contributed by atoms with Crippen LogP contribution >= 0.6 is 0 Å². The van der Waals surface area contributed by atoms with Gasteiger partial charge in [0.25, 0.3) is 5.91 Å².